The Labute approximate surface area is 120 Å². The van der Waals surface area contributed by atoms with Gasteiger partial charge in [-0.25, -0.2) is 20.8 Å². The number of hydrazine groups is 2. The number of hydrogen-bond donors (Lipinski definition) is 3. The molecule has 0 aromatic carbocycles. The summed E-state index contributed by atoms with van der Waals surface area (Å²) in [4.78, 5) is 6.85. The predicted molar refractivity (Wildman–Crippen MR) is 73.1 cm³/mol. The Morgan fingerprint density at radius 1 is 1.19 bits per heavy atom. The molecule has 2 atom stereocenters. The quantitative estimate of drug-likeness (QED) is 0.588. The number of alkyl halides is 3. The second-order valence-electron chi connectivity index (χ2n) is 5.25. The normalized spacial score (nSPS) is 23.9. The van der Waals surface area contributed by atoms with E-state index in [2.05, 4.69) is 20.8 Å². The van der Waals surface area contributed by atoms with Crippen molar-refractivity contribution in [2.75, 3.05) is 10.9 Å². The van der Waals surface area contributed by atoms with Crippen LogP contribution in [0.1, 0.15) is 38.9 Å². The average Bonchev–Trinajstić information content (AvgIpc) is 2.42. The van der Waals surface area contributed by atoms with Crippen LogP contribution in [0.15, 0.2) is 6.07 Å². The average molecular weight is 304 g/mol. The highest BCUT2D eigenvalue weighted by molar-refractivity contribution is 5.46. The number of rotatable bonds is 3. The molecule has 0 radical (unpaired) electrons. The van der Waals surface area contributed by atoms with E-state index in [1.54, 1.807) is 0 Å². The topological polar surface area (TPSA) is 79.1 Å². The Bertz CT molecular complexity index is 482. The molecule has 118 valence electrons. The van der Waals surface area contributed by atoms with Crippen molar-refractivity contribution in [2.45, 2.75) is 51.4 Å². The van der Waals surface area contributed by atoms with E-state index in [1.165, 1.54) is 6.07 Å². The number of halogens is 3. The molecule has 1 saturated heterocycles. The third-order valence-corrected chi connectivity index (χ3v) is 3.56. The zero-order valence-electron chi connectivity index (χ0n) is 11.9. The summed E-state index contributed by atoms with van der Waals surface area (Å²) in [6.45, 7) is 4.05. The summed E-state index contributed by atoms with van der Waals surface area (Å²) in [6.07, 6.45) is -1.55. The number of hydrogen-bond acceptors (Lipinski definition) is 6. The number of piperidine rings is 1. The van der Waals surface area contributed by atoms with Crippen LogP contribution in [0.25, 0.3) is 0 Å². The van der Waals surface area contributed by atoms with Crippen LogP contribution in [-0.2, 0) is 6.18 Å². The summed E-state index contributed by atoms with van der Waals surface area (Å²) < 4.78 is 38.3. The second-order valence-corrected chi connectivity index (χ2v) is 5.25. The van der Waals surface area contributed by atoms with Crippen molar-refractivity contribution in [3.8, 4) is 0 Å². The molecule has 2 unspecified atom stereocenters. The number of aromatic nitrogens is 2. The lowest BCUT2D eigenvalue weighted by molar-refractivity contribution is -0.144. The van der Waals surface area contributed by atoms with Crippen LogP contribution in [0.4, 0.5) is 24.8 Å². The van der Waals surface area contributed by atoms with Gasteiger partial charge in [0.15, 0.2) is 0 Å². The number of nitrogen functional groups attached to an aromatic ring is 1. The minimum Gasteiger partial charge on any atom is -0.308 e. The fourth-order valence-electron chi connectivity index (χ4n) is 2.48. The van der Waals surface area contributed by atoms with Gasteiger partial charge in [0.25, 0.3) is 0 Å². The standard InChI is InChI=1S/C12H19F3N6/c1-7-4-3-5-8(2)21(7)20-10-6-9(19-16)17-11(18-10)12(13,14)15/h6-8H,3-5,16H2,1-2H3,(H2,17,18,19,20). The third-order valence-electron chi connectivity index (χ3n) is 3.56. The van der Waals surface area contributed by atoms with Gasteiger partial charge >= 0.3 is 6.18 Å². The Morgan fingerprint density at radius 2 is 1.76 bits per heavy atom. The van der Waals surface area contributed by atoms with Crippen molar-refractivity contribution in [2.24, 2.45) is 5.84 Å². The maximum absolute atomic E-state index is 12.8. The predicted octanol–water partition coefficient (Wildman–Crippen LogP) is 2.37. The van der Waals surface area contributed by atoms with Crippen LogP contribution in [-0.4, -0.2) is 27.1 Å². The second kappa shape index (κ2) is 6.02. The van der Waals surface area contributed by atoms with Gasteiger partial charge in [-0.3, -0.25) is 0 Å². The van der Waals surface area contributed by atoms with Crippen LogP contribution in [0.3, 0.4) is 0 Å². The Morgan fingerprint density at radius 3 is 2.29 bits per heavy atom. The molecule has 6 nitrogen and oxygen atoms in total. The van der Waals surface area contributed by atoms with Crippen molar-refractivity contribution in [1.82, 2.24) is 15.0 Å². The van der Waals surface area contributed by atoms with Gasteiger partial charge in [-0.1, -0.05) is 6.42 Å². The molecular weight excluding hydrogens is 285 g/mol. The first kappa shape index (κ1) is 15.8. The van der Waals surface area contributed by atoms with E-state index in [1.807, 2.05) is 18.9 Å². The SMILES string of the molecule is CC1CCCC(C)N1Nc1cc(NN)nc(C(F)(F)F)n1. The van der Waals surface area contributed by atoms with Gasteiger partial charge in [0.05, 0.1) is 0 Å². The fraction of sp³-hybridized carbons (Fsp3) is 0.667. The van der Waals surface area contributed by atoms with Gasteiger partial charge in [0.1, 0.15) is 11.6 Å². The molecule has 0 spiro atoms. The monoisotopic (exact) mass is 304 g/mol. The molecule has 1 fully saturated rings. The van der Waals surface area contributed by atoms with Gasteiger partial charge in [-0.2, -0.15) is 13.2 Å². The number of nitrogens with two attached hydrogens (primary N) is 1. The molecule has 1 aliphatic heterocycles. The first-order chi connectivity index (χ1) is 9.81. The van der Waals surface area contributed by atoms with Crippen molar-refractivity contribution >= 4 is 11.6 Å². The Balaban J connectivity index is 2.26. The summed E-state index contributed by atoms with van der Waals surface area (Å²) in [6, 6.07) is 1.78. The van der Waals surface area contributed by atoms with Gasteiger partial charge in [-0.05, 0) is 26.7 Å². The van der Waals surface area contributed by atoms with Gasteiger partial charge in [0, 0.05) is 18.2 Å². The number of anilines is 2. The van der Waals surface area contributed by atoms with Gasteiger partial charge in [-0.15, -0.1) is 0 Å². The third kappa shape index (κ3) is 3.73. The molecule has 0 saturated carbocycles. The van der Waals surface area contributed by atoms with E-state index in [0.29, 0.717) is 0 Å². The summed E-state index contributed by atoms with van der Waals surface area (Å²) in [5.74, 6) is 3.93. The molecule has 21 heavy (non-hydrogen) atoms. The molecular formula is C12H19F3N6. The minimum atomic E-state index is -4.62. The van der Waals surface area contributed by atoms with E-state index in [-0.39, 0.29) is 23.7 Å². The first-order valence-electron chi connectivity index (χ1n) is 6.79. The largest absolute Gasteiger partial charge is 0.451 e. The van der Waals surface area contributed by atoms with Crippen LogP contribution in [0.5, 0.6) is 0 Å². The Kier molecular flexibility index (Phi) is 4.52. The summed E-state index contributed by atoms with van der Waals surface area (Å²) in [5, 5.41) is 1.92. The summed E-state index contributed by atoms with van der Waals surface area (Å²) in [5.41, 5.74) is 5.08. The highest BCUT2D eigenvalue weighted by Crippen LogP contribution is 2.29. The lowest BCUT2D eigenvalue weighted by Crippen LogP contribution is -2.47. The van der Waals surface area contributed by atoms with Crippen LogP contribution in [0.2, 0.25) is 0 Å². The molecule has 2 heterocycles. The van der Waals surface area contributed by atoms with Crippen LogP contribution < -0.4 is 16.7 Å². The highest BCUT2D eigenvalue weighted by Gasteiger charge is 2.36. The highest BCUT2D eigenvalue weighted by atomic mass is 19.4. The molecule has 1 aliphatic rings. The molecule has 1 aromatic heterocycles. The van der Waals surface area contributed by atoms with Crippen molar-refractivity contribution in [3.05, 3.63) is 11.9 Å². The minimum absolute atomic E-state index is 0.0749. The first-order valence-corrected chi connectivity index (χ1v) is 6.79. The van der Waals surface area contributed by atoms with Crippen molar-refractivity contribution in [3.63, 3.8) is 0 Å². The van der Waals surface area contributed by atoms with Crippen molar-refractivity contribution in [1.29, 1.82) is 0 Å². The van der Waals surface area contributed by atoms with E-state index in [9.17, 15) is 13.2 Å². The van der Waals surface area contributed by atoms with E-state index >= 15 is 0 Å². The lowest BCUT2D eigenvalue weighted by atomic mass is 10.00. The number of nitrogens with one attached hydrogen (secondary N) is 2. The summed E-state index contributed by atoms with van der Waals surface area (Å²) in [7, 11) is 0. The van der Waals surface area contributed by atoms with Gasteiger partial charge < -0.3 is 10.9 Å². The van der Waals surface area contributed by atoms with Crippen molar-refractivity contribution < 1.29 is 13.2 Å². The zero-order chi connectivity index (χ0) is 15.6. The van der Waals surface area contributed by atoms with Crippen LogP contribution >= 0.6 is 0 Å². The molecule has 0 amide bonds. The lowest BCUT2D eigenvalue weighted by Gasteiger charge is -2.39. The molecule has 0 bridgehead atoms. The summed E-state index contributed by atoms with van der Waals surface area (Å²) >= 11 is 0. The molecule has 0 aliphatic carbocycles. The van der Waals surface area contributed by atoms with E-state index in [0.717, 1.165) is 19.3 Å². The van der Waals surface area contributed by atoms with E-state index in [4.69, 9.17) is 5.84 Å². The van der Waals surface area contributed by atoms with Crippen LogP contribution in [0, 0.1) is 0 Å². The Hall–Kier alpha value is -1.61. The van der Waals surface area contributed by atoms with E-state index < -0.39 is 12.0 Å². The molecule has 9 heteroatoms. The molecule has 2 rings (SSSR count). The fourth-order valence-corrected chi connectivity index (χ4v) is 2.48. The maximum Gasteiger partial charge on any atom is 0.451 e. The van der Waals surface area contributed by atoms with Gasteiger partial charge in [0.2, 0.25) is 5.82 Å². The molecule has 1 aromatic rings. The maximum atomic E-state index is 12.8. The molecule has 4 N–H and O–H groups in total. The number of nitrogens with zero attached hydrogens (tertiary/aromatic N) is 3. The smallest absolute Gasteiger partial charge is 0.308 e. The zero-order valence-corrected chi connectivity index (χ0v) is 11.9.